The van der Waals surface area contributed by atoms with Crippen molar-refractivity contribution >= 4 is 10.9 Å². The molecular weight excluding hydrogens is 167 g/mol. The van der Waals surface area contributed by atoms with Gasteiger partial charge in [0, 0.05) is 5.39 Å². The molecule has 2 nitrogen and oxygen atoms in total. The third kappa shape index (κ3) is 1.34. The van der Waals surface area contributed by atoms with Crippen molar-refractivity contribution in [1.29, 1.82) is 5.26 Å². The summed E-state index contributed by atoms with van der Waals surface area (Å²) in [6.45, 7) is 0. The molecule has 0 saturated carbocycles. The number of aromatic nitrogens is 1. The Morgan fingerprint density at radius 1 is 1.23 bits per heavy atom. The van der Waals surface area contributed by atoms with E-state index in [0.717, 1.165) is 0 Å². The number of hydrogen-bond donors (Lipinski definition) is 0. The summed E-state index contributed by atoms with van der Waals surface area (Å²) in [5, 5.41) is 9.27. The largest absolute Gasteiger partial charge is 0.237 e. The third-order valence-corrected chi connectivity index (χ3v) is 1.77. The Hall–Kier alpha value is -1.95. The van der Waals surface area contributed by atoms with Gasteiger partial charge in [0.2, 0.25) is 0 Å². The first-order valence-corrected chi connectivity index (χ1v) is 3.76. The summed E-state index contributed by atoms with van der Waals surface area (Å²) in [5.74, 6) is -0.293. The fraction of sp³-hybridized carbons (Fsp3) is 0. The highest BCUT2D eigenvalue weighted by Gasteiger charge is 1.98. The molecule has 62 valence electrons. The maximum absolute atomic E-state index is 12.7. The third-order valence-electron chi connectivity index (χ3n) is 1.77. The summed E-state index contributed by atoms with van der Waals surface area (Å²) < 4.78 is 12.7. The van der Waals surface area contributed by atoms with Gasteiger partial charge >= 0.3 is 0 Å². The van der Waals surface area contributed by atoms with Crippen LogP contribution < -0.4 is 0 Å². The van der Waals surface area contributed by atoms with E-state index >= 15 is 0 Å². The zero-order valence-corrected chi connectivity index (χ0v) is 6.66. The van der Waals surface area contributed by atoms with Crippen molar-refractivity contribution in [3.63, 3.8) is 0 Å². The van der Waals surface area contributed by atoms with Gasteiger partial charge in [-0.1, -0.05) is 0 Å². The van der Waals surface area contributed by atoms with Gasteiger partial charge in [0.15, 0.2) is 0 Å². The van der Waals surface area contributed by atoms with Crippen LogP contribution in [0.4, 0.5) is 4.39 Å². The van der Waals surface area contributed by atoms with Crippen LogP contribution >= 0.6 is 0 Å². The molecule has 2 rings (SSSR count). The monoisotopic (exact) mass is 172 g/mol. The van der Waals surface area contributed by atoms with E-state index in [4.69, 9.17) is 5.26 Å². The van der Waals surface area contributed by atoms with Crippen molar-refractivity contribution in [2.24, 2.45) is 0 Å². The average molecular weight is 172 g/mol. The lowest BCUT2D eigenvalue weighted by atomic mass is 10.2. The molecule has 0 atom stereocenters. The summed E-state index contributed by atoms with van der Waals surface area (Å²) in [4.78, 5) is 4.01. The van der Waals surface area contributed by atoms with Crippen LogP contribution in [0, 0.1) is 17.1 Å². The first-order valence-electron chi connectivity index (χ1n) is 3.76. The Labute approximate surface area is 74.3 Å². The molecule has 3 heteroatoms. The molecule has 13 heavy (non-hydrogen) atoms. The minimum absolute atomic E-state index is 0.293. The lowest BCUT2D eigenvalue weighted by Crippen LogP contribution is -1.84. The van der Waals surface area contributed by atoms with E-state index in [1.54, 1.807) is 18.2 Å². The Balaban J connectivity index is 2.75. The van der Waals surface area contributed by atoms with Gasteiger partial charge in [0.25, 0.3) is 0 Å². The predicted octanol–water partition coefficient (Wildman–Crippen LogP) is 2.25. The molecular formula is C10H5FN2. The number of benzene rings is 1. The van der Waals surface area contributed by atoms with Crippen LogP contribution in [0.2, 0.25) is 0 Å². The molecule has 1 heterocycles. The minimum atomic E-state index is -0.293. The highest BCUT2D eigenvalue weighted by molar-refractivity contribution is 5.78. The fourth-order valence-corrected chi connectivity index (χ4v) is 1.16. The SMILES string of the molecule is N#Cc1ccc2cc(F)ccc2n1. The Morgan fingerprint density at radius 2 is 2.08 bits per heavy atom. The lowest BCUT2D eigenvalue weighted by Gasteiger charge is -1.96. The van der Waals surface area contributed by atoms with Gasteiger partial charge in [-0.05, 0) is 30.3 Å². The summed E-state index contributed by atoms with van der Waals surface area (Å²) in [5.41, 5.74) is 0.986. The van der Waals surface area contributed by atoms with E-state index < -0.39 is 0 Å². The van der Waals surface area contributed by atoms with Gasteiger partial charge in [-0.2, -0.15) is 5.26 Å². The quantitative estimate of drug-likeness (QED) is 0.611. The number of pyridine rings is 1. The minimum Gasteiger partial charge on any atom is -0.237 e. The van der Waals surface area contributed by atoms with E-state index in [0.29, 0.717) is 16.6 Å². The molecule has 0 aliphatic carbocycles. The zero-order chi connectivity index (χ0) is 9.26. The zero-order valence-electron chi connectivity index (χ0n) is 6.66. The molecule has 0 N–H and O–H groups in total. The second-order valence-electron chi connectivity index (χ2n) is 2.65. The maximum atomic E-state index is 12.7. The molecule has 0 unspecified atom stereocenters. The van der Waals surface area contributed by atoms with Crippen molar-refractivity contribution in [2.75, 3.05) is 0 Å². The number of rotatable bonds is 0. The molecule has 1 aromatic carbocycles. The summed E-state index contributed by atoms with van der Waals surface area (Å²) in [6, 6.07) is 9.47. The number of fused-ring (bicyclic) bond motifs is 1. The summed E-state index contributed by atoms with van der Waals surface area (Å²) in [6.07, 6.45) is 0. The van der Waals surface area contributed by atoms with Crippen LogP contribution in [0.3, 0.4) is 0 Å². The van der Waals surface area contributed by atoms with Crippen molar-refractivity contribution < 1.29 is 4.39 Å². The van der Waals surface area contributed by atoms with Crippen molar-refractivity contribution in [1.82, 2.24) is 4.98 Å². The summed E-state index contributed by atoms with van der Waals surface area (Å²) >= 11 is 0. The van der Waals surface area contributed by atoms with E-state index in [2.05, 4.69) is 4.98 Å². The number of nitrogens with zero attached hydrogens (tertiary/aromatic N) is 2. The second-order valence-corrected chi connectivity index (χ2v) is 2.65. The molecule has 0 spiro atoms. The van der Waals surface area contributed by atoms with E-state index in [1.165, 1.54) is 12.1 Å². The Morgan fingerprint density at radius 3 is 2.85 bits per heavy atom. The standard InChI is InChI=1S/C10H5FN2/c11-8-2-4-10-7(5-8)1-3-9(6-12)13-10/h1-5H. The van der Waals surface area contributed by atoms with Crippen LogP contribution in [-0.4, -0.2) is 4.98 Å². The topological polar surface area (TPSA) is 36.7 Å². The van der Waals surface area contributed by atoms with Crippen LogP contribution in [0.1, 0.15) is 5.69 Å². The van der Waals surface area contributed by atoms with E-state index in [-0.39, 0.29) is 5.82 Å². The molecule has 0 amide bonds. The van der Waals surface area contributed by atoms with Crippen LogP contribution in [0.15, 0.2) is 30.3 Å². The van der Waals surface area contributed by atoms with Crippen LogP contribution in [0.5, 0.6) is 0 Å². The molecule has 2 aromatic rings. The van der Waals surface area contributed by atoms with Crippen molar-refractivity contribution in [3.8, 4) is 6.07 Å². The molecule has 0 bridgehead atoms. The molecule has 1 aromatic heterocycles. The van der Waals surface area contributed by atoms with Gasteiger partial charge < -0.3 is 0 Å². The fourth-order valence-electron chi connectivity index (χ4n) is 1.16. The molecule has 0 radical (unpaired) electrons. The van der Waals surface area contributed by atoms with Crippen LogP contribution in [0.25, 0.3) is 10.9 Å². The maximum Gasteiger partial charge on any atom is 0.141 e. The predicted molar refractivity (Wildman–Crippen MR) is 46.4 cm³/mol. The smallest absolute Gasteiger partial charge is 0.141 e. The molecule has 0 saturated heterocycles. The van der Waals surface area contributed by atoms with Crippen LogP contribution in [-0.2, 0) is 0 Å². The first kappa shape index (κ1) is 7.69. The highest BCUT2D eigenvalue weighted by atomic mass is 19.1. The van der Waals surface area contributed by atoms with Gasteiger partial charge in [0.1, 0.15) is 17.6 Å². The normalized spacial score (nSPS) is 9.85. The first-order chi connectivity index (χ1) is 6.29. The second kappa shape index (κ2) is 2.83. The van der Waals surface area contributed by atoms with Gasteiger partial charge in [-0.3, -0.25) is 0 Å². The number of halogens is 1. The Bertz CT molecular complexity index is 500. The molecule has 0 aliphatic rings. The Kier molecular flexibility index (Phi) is 1.67. The molecule has 0 fully saturated rings. The average Bonchev–Trinajstić information content (AvgIpc) is 2.17. The van der Waals surface area contributed by atoms with Crippen molar-refractivity contribution in [2.45, 2.75) is 0 Å². The molecule has 0 aliphatic heterocycles. The summed E-state index contributed by atoms with van der Waals surface area (Å²) in [7, 11) is 0. The van der Waals surface area contributed by atoms with Crippen molar-refractivity contribution in [3.05, 3.63) is 41.8 Å². The van der Waals surface area contributed by atoms with E-state index in [9.17, 15) is 4.39 Å². The van der Waals surface area contributed by atoms with E-state index in [1.807, 2.05) is 6.07 Å². The van der Waals surface area contributed by atoms with Gasteiger partial charge in [-0.25, -0.2) is 9.37 Å². The number of hydrogen-bond acceptors (Lipinski definition) is 2. The van der Waals surface area contributed by atoms with Gasteiger partial charge in [-0.15, -0.1) is 0 Å². The van der Waals surface area contributed by atoms with Gasteiger partial charge in [0.05, 0.1) is 5.52 Å². The number of nitriles is 1. The highest BCUT2D eigenvalue weighted by Crippen LogP contribution is 2.13. The lowest BCUT2D eigenvalue weighted by molar-refractivity contribution is 0.629.